The molecule has 1 aromatic heterocycles. The van der Waals surface area contributed by atoms with E-state index in [0.29, 0.717) is 23.5 Å². The number of hydrogen-bond donors (Lipinski definition) is 1. The summed E-state index contributed by atoms with van der Waals surface area (Å²) in [7, 11) is 1.91. The summed E-state index contributed by atoms with van der Waals surface area (Å²) in [6.07, 6.45) is 3.51. The molecule has 130 valence electrons. The predicted molar refractivity (Wildman–Crippen MR) is 99.6 cm³/mol. The maximum Gasteiger partial charge on any atom is 0.261 e. The quantitative estimate of drug-likeness (QED) is 0.830. The summed E-state index contributed by atoms with van der Waals surface area (Å²) in [5, 5.41) is 3.73. The highest BCUT2D eigenvalue weighted by Gasteiger charge is 2.23. The molecule has 3 rings (SSSR count). The van der Waals surface area contributed by atoms with Gasteiger partial charge in [0, 0.05) is 23.6 Å². The van der Waals surface area contributed by atoms with Crippen molar-refractivity contribution < 1.29 is 4.79 Å². The van der Waals surface area contributed by atoms with E-state index in [0.717, 1.165) is 23.9 Å². The Labute approximate surface area is 154 Å². The molecule has 1 atom stereocenters. The highest BCUT2D eigenvalue weighted by Crippen LogP contribution is 2.15. The number of piperidine rings is 1. The number of aromatic nitrogens is 2. The Morgan fingerprint density at radius 1 is 1.46 bits per heavy atom. The number of nitrogens with one attached hydrogen (secondary N) is 1. The molecule has 0 bridgehead atoms. The molecule has 1 amide bonds. The van der Waals surface area contributed by atoms with Gasteiger partial charge in [0.2, 0.25) is 5.91 Å². The minimum absolute atomic E-state index is 0. The highest BCUT2D eigenvalue weighted by molar-refractivity contribution is 9.10. The van der Waals surface area contributed by atoms with Gasteiger partial charge < -0.3 is 10.2 Å². The van der Waals surface area contributed by atoms with Crippen LogP contribution < -0.4 is 10.9 Å². The molecule has 1 saturated heterocycles. The molecule has 1 aliphatic rings. The van der Waals surface area contributed by atoms with E-state index >= 15 is 0 Å². The van der Waals surface area contributed by atoms with Gasteiger partial charge in [0.25, 0.3) is 5.56 Å². The van der Waals surface area contributed by atoms with Crippen LogP contribution in [0.5, 0.6) is 0 Å². The Balaban J connectivity index is 0.00000208. The van der Waals surface area contributed by atoms with Gasteiger partial charge in [0.15, 0.2) is 0 Å². The van der Waals surface area contributed by atoms with Crippen LogP contribution in [0.25, 0.3) is 10.9 Å². The molecule has 1 unspecified atom stereocenters. The number of hydrogen-bond acceptors (Lipinski definition) is 4. The van der Waals surface area contributed by atoms with Crippen LogP contribution in [0.4, 0.5) is 0 Å². The van der Waals surface area contributed by atoms with Crippen LogP contribution in [-0.4, -0.2) is 46.5 Å². The predicted octanol–water partition coefficient (Wildman–Crippen LogP) is 1.79. The third-order valence-corrected chi connectivity index (χ3v) is 4.77. The zero-order chi connectivity index (χ0) is 16.4. The van der Waals surface area contributed by atoms with Crippen molar-refractivity contribution in [2.24, 2.45) is 0 Å². The molecular weight excluding hydrogens is 396 g/mol. The van der Waals surface area contributed by atoms with E-state index in [2.05, 4.69) is 26.2 Å². The third-order valence-electron chi connectivity index (χ3n) is 4.27. The van der Waals surface area contributed by atoms with E-state index in [1.165, 1.54) is 10.9 Å². The van der Waals surface area contributed by atoms with E-state index in [-0.39, 0.29) is 30.4 Å². The number of benzene rings is 1. The van der Waals surface area contributed by atoms with Gasteiger partial charge in [-0.2, -0.15) is 0 Å². The smallest absolute Gasteiger partial charge is 0.261 e. The lowest BCUT2D eigenvalue weighted by molar-refractivity contribution is -0.133. The highest BCUT2D eigenvalue weighted by atomic mass is 79.9. The number of carbonyl (C=O) groups is 1. The van der Waals surface area contributed by atoms with Crippen molar-refractivity contribution in [3.05, 3.63) is 39.4 Å². The van der Waals surface area contributed by atoms with Crippen molar-refractivity contribution in [1.82, 2.24) is 19.8 Å². The summed E-state index contributed by atoms with van der Waals surface area (Å²) in [4.78, 5) is 31.1. The molecule has 0 radical (unpaired) electrons. The first-order valence-corrected chi connectivity index (χ1v) is 8.47. The zero-order valence-corrected chi connectivity index (χ0v) is 15.8. The lowest BCUT2D eigenvalue weighted by atomic mass is 10.1. The maximum absolute atomic E-state index is 12.5. The minimum atomic E-state index is -0.188. The van der Waals surface area contributed by atoms with Crippen LogP contribution in [0.15, 0.2) is 33.8 Å². The largest absolute Gasteiger partial charge is 0.340 e. The Kier molecular flexibility index (Phi) is 6.37. The first kappa shape index (κ1) is 18.9. The topological polar surface area (TPSA) is 67.2 Å². The molecule has 8 heteroatoms. The van der Waals surface area contributed by atoms with Gasteiger partial charge in [-0.15, -0.1) is 12.4 Å². The zero-order valence-electron chi connectivity index (χ0n) is 13.4. The Bertz CT molecular complexity index is 795. The van der Waals surface area contributed by atoms with Crippen molar-refractivity contribution in [3.8, 4) is 0 Å². The van der Waals surface area contributed by atoms with E-state index < -0.39 is 0 Å². The molecule has 24 heavy (non-hydrogen) atoms. The van der Waals surface area contributed by atoms with Crippen molar-refractivity contribution >= 4 is 45.1 Å². The monoisotopic (exact) mass is 414 g/mol. The third kappa shape index (κ3) is 3.96. The lowest BCUT2D eigenvalue weighted by Crippen LogP contribution is -2.48. The number of carbonyl (C=O) groups excluding carboxylic acids is 1. The van der Waals surface area contributed by atoms with Crippen LogP contribution >= 0.6 is 28.3 Å². The first-order chi connectivity index (χ1) is 11.1. The number of rotatable bonds is 3. The summed E-state index contributed by atoms with van der Waals surface area (Å²) in [5.74, 6) is -0.0387. The molecule has 1 aromatic carbocycles. The van der Waals surface area contributed by atoms with Crippen LogP contribution in [0, 0.1) is 0 Å². The fraction of sp³-hybridized carbons (Fsp3) is 0.438. The lowest BCUT2D eigenvalue weighted by Gasteiger charge is -2.32. The van der Waals surface area contributed by atoms with E-state index in [1.54, 1.807) is 12.1 Å². The minimum Gasteiger partial charge on any atom is -0.340 e. The summed E-state index contributed by atoms with van der Waals surface area (Å²) in [6.45, 7) is 1.47. The van der Waals surface area contributed by atoms with E-state index in [9.17, 15) is 9.59 Å². The molecule has 1 aliphatic heterocycles. The second-order valence-corrected chi connectivity index (χ2v) is 6.72. The average Bonchev–Trinajstić information content (AvgIpc) is 2.58. The summed E-state index contributed by atoms with van der Waals surface area (Å²) >= 11 is 3.36. The molecule has 0 saturated carbocycles. The summed E-state index contributed by atoms with van der Waals surface area (Å²) in [5.41, 5.74) is 0.446. The van der Waals surface area contributed by atoms with Gasteiger partial charge in [-0.25, -0.2) is 4.98 Å². The molecule has 0 spiro atoms. The van der Waals surface area contributed by atoms with Crippen LogP contribution in [0.3, 0.4) is 0 Å². The summed E-state index contributed by atoms with van der Waals surface area (Å²) in [6, 6.07) is 5.70. The van der Waals surface area contributed by atoms with E-state index in [1.807, 2.05) is 18.0 Å². The number of likely N-dealkylation sites (tertiary alicyclic amines) is 1. The standard InChI is InChI=1S/C16H19BrN4O2.ClH/c1-18-12-3-2-6-20(8-12)15(22)9-21-10-19-14-5-4-11(17)7-13(14)16(21)23;/h4-5,7,10,12,18H,2-3,6,8-9H2,1H3;1H. The van der Waals surface area contributed by atoms with Crippen molar-refractivity contribution in [3.63, 3.8) is 0 Å². The van der Waals surface area contributed by atoms with Crippen LogP contribution in [0.2, 0.25) is 0 Å². The number of nitrogens with zero attached hydrogens (tertiary/aromatic N) is 3. The van der Waals surface area contributed by atoms with Gasteiger partial charge in [0.05, 0.1) is 17.2 Å². The molecule has 2 aromatic rings. The number of amides is 1. The van der Waals surface area contributed by atoms with Crippen molar-refractivity contribution in [2.75, 3.05) is 20.1 Å². The number of halogens is 2. The first-order valence-electron chi connectivity index (χ1n) is 7.68. The summed E-state index contributed by atoms with van der Waals surface area (Å²) < 4.78 is 2.21. The van der Waals surface area contributed by atoms with Crippen LogP contribution in [-0.2, 0) is 11.3 Å². The Morgan fingerprint density at radius 2 is 2.25 bits per heavy atom. The second kappa shape index (κ2) is 8.09. The van der Waals surface area contributed by atoms with Gasteiger partial charge in [-0.1, -0.05) is 15.9 Å². The van der Waals surface area contributed by atoms with Crippen molar-refractivity contribution in [2.45, 2.75) is 25.4 Å². The molecule has 1 N–H and O–H groups in total. The van der Waals surface area contributed by atoms with Gasteiger partial charge in [-0.05, 0) is 38.1 Å². The maximum atomic E-state index is 12.5. The molecular formula is C16H20BrClN4O2. The normalized spacial score (nSPS) is 17.6. The van der Waals surface area contributed by atoms with Crippen molar-refractivity contribution in [1.29, 1.82) is 0 Å². The SMILES string of the molecule is CNC1CCCN(C(=O)Cn2cnc3ccc(Br)cc3c2=O)C1.Cl. The van der Waals surface area contributed by atoms with Gasteiger partial charge in [0.1, 0.15) is 6.54 Å². The molecule has 1 fully saturated rings. The van der Waals surface area contributed by atoms with Crippen LogP contribution in [0.1, 0.15) is 12.8 Å². The molecule has 2 heterocycles. The molecule has 0 aliphatic carbocycles. The Hall–Kier alpha value is -1.44. The van der Waals surface area contributed by atoms with E-state index in [4.69, 9.17) is 0 Å². The Morgan fingerprint density at radius 3 is 3.00 bits per heavy atom. The number of likely N-dealkylation sites (N-methyl/N-ethyl adjacent to an activating group) is 1. The number of fused-ring (bicyclic) bond motifs is 1. The fourth-order valence-corrected chi connectivity index (χ4v) is 3.29. The fourth-order valence-electron chi connectivity index (χ4n) is 2.93. The molecule has 6 nitrogen and oxygen atoms in total. The van der Waals surface area contributed by atoms with Gasteiger partial charge in [-0.3, -0.25) is 14.2 Å². The average molecular weight is 416 g/mol. The van der Waals surface area contributed by atoms with Gasteiger partial charge >= 0.3 is 0 Å². The second-order valence-electron chi connectivity index (χ2n) is 5.81.